The largest absolute Gasteiger partial charge is 0.298 e. The Morgan fingerprint density at radius 3 is 2.54 bits per heavy atom. The first kappa shape index (κ1) is 10.1. The van der Waals surface area contributed by atoms with Crippen LogP contribution in [-0.2, 0) is 9.05 Å². The van der Waals surface area contributed by atoms with E-state index in [1.54, 1.807) is 0 Å². The molecule has 0 spiro atoms. The van der Waals surface area contributed by atoms with Crippen LogP contribution in [0.1, 0.15) is 10.4 Å². The van der Waals surface area contributed by atoms with E-state index in [1.807, 2.05) is 0 Å². The minimum Gasteiger partial charge on any atom is -0.298 e. The second kappa shape index (κ2) is 3.39. The molecule has 0 saturated carbocycles. The second-order valence-corrected chi connectivity index (χ2v) is 4.63. The predicted octanol–water partition coefficient (Wildman–Crippen LogP) is 0.961. The van der Waals surface area contributed by atoms with Crippen molar-refractivity contribution < 1.29 is 17.6 Å². The normalized spacial score (nSPS) is 11.2. The number of carbonyl (C=O) groups is 1. The number of aldehydes is 1. The van der Waals surface area contributed by atoms with Crippen molar-refractivity contribution in [1.29, 1.82) is 0 Å². The van der Waals surface area contributed by atoms with Crippen molar-refractivity contribution in [2.24, 2.45) is 0 Å². The highest BCUT2D eigenvalue weighted by Gasteiger charge is 2.14. The summed E-state index contributed by atoms with van der Waals surface area (Å²) in [4.78, 5) is 13.2. The highest BCUT2D eigenvalue weighted by molar-refractivity contribution is 8.13. The van der Waals surface area contributed by atoms with Crippen LogP contribution in [0.3, 0.4) is 0 Å². The van der Waals surface area contributed by atoms with Gasteiger partial charge in [0.2, 0.25) is 5.95 Å². The first-order valence-electron chi connectivity index (χ1n) is 3.01. The molecule has 0 radical (unpaired) electrons. The highest BCUT2D eigenvalue weighted by Crippen LogP contribution is 2.13. The van der Waals surface area contributed by atoms with Crippen LogP contribution in [0.15, 0.2) is 17.2 Å². The molecule has 13 heavy (non-hydrogen) atoms. The maximum absolute atomic E-state index is 12.6. The van der Waals surface area contributed by atoms with Gasteiger partial charge < -0.3 is 0 Å². The molecule has 0 atom stereocenters. The third-order valence-electron chi connectivity index (χ3n) is 1.18. The van der Waals surface area contributed by atoms with Gasteiger partial charge in [0.05, 0.1) is 0 Å². The van der Waals surface area contributed by atoms with Gasteiger partial charge in [-0.1, -0.05) is 0 Å². The first-order valence-corrected chi connectivity index (χ1v) is 5.32. The van der Waals surface area contributed by atoms with Gasteiger partial charge in [-0.25, -0.2) is 13.4 Å². The van der Waals surface area contributed by atoms with Crippen LogP contribution in [-0.4, -0.2) is 19.7 Å². The Bertz CT molecular complexity index is 445. The van der Waals surface area contributed by atoms with E-state index < -0.39 is 20.0 Å². The quantitative estimate of drug-likeness (QED) is 0.426. The minimum atomic E-state index is -4.10. The van der Waals surface area contributed by atoms with E-state index in [-0.39, 0.29) is 5.56 Å². The third kappa shape index (κ3) is 2.46. The Kier molecular flexibility index (Phi) is 2.63. The van der Waals surface area contributed by atoms with Crippen LogP contribution in [0.5, 0.6) is 0 Å². The van der Waals surface area contributed by atoms with Gasteiger partial charge in [-0.2, -0.15) is 4.39 Å². The van der Waals surface area contributed by atoms with Crippen molar-refractivity contribution in [2.45, 2.75) is 5.03 Å². The highest BCUT2D eigenvalue weighted by atomic mass is 35.7. The summed E-state index contributed by atoms with van der Waals surface area (Å²) in [6.45, 7) is 0. The van der Waals surface area contributed by atoms with Crippen molar-refractivity contribution in [3.8, 4) is 0 Å². The van der Waals surface area contributed by atoms with Crippen molar-refractivity contribution in [3.63, 3.8) is 0 Å². The van der Waals surface area contributed by atoms with Crippen molar-refractivity contribution >= 4 is 26.0 Å². The molecule has 0 bridgehead atoms. The van der Waals surface area contributed by atoms with Crippen molar-refractivity contribution in [3.05, 3.63) is 23.6 Å². The molecule has 0 amide bonds. The van der Waals surface area contributed by atoms with Crippen LogP contribution in [0.4, 0.5) is 4.39 Å². The molecule has 0 saturated heterocycles. The third-order valence-corrected chi connectivity index (χ3v) is 2.36. The molecule has 1 rings (SSSR count). The number of carbonyl (C=O) groups excluding carboxylic acids is 1. The monoisotopic (exact) mass is 223 g/mol. The second-order valence-electron chi connectivity index (χ2n) is 2.12. The van der Waals surface area contributed by atoms with Gasteiger partial charge in [-0.3, -0.25) is 4.79 Å². The van der Waals surface area contributed by atoms with E-state index in [1.165, 1.54) is 0 Å². The summed E-state index contributed by atoms with van der Waals surface area (Å²) in [6.07, 6.45) is 0.302. The summed E-state index contributed by atoms with van der Waals surface area (Å²) >= 11 is 0. The summed E-state index contributed by atoms with van der Waals surface area (Å²) in [5, 5.41) is -0.670. The predicted molar refractivity (Wildman–Crippen MR) is 42.6 cm³/mol. The lowest BCUT2D eigenvalue weighted by molar-refractivity contribution is 0.112. The molecule has 0 N–H and O–H groups in total. The maximum atomic E-state index is 12.6. The molecule has 1 heterocycles. The molecule has 4 nitrogen and oxygen atoms in total. The number of rotatable bonds is 2. The zero-order valence-corrected chi connectivity index (χ0v) is 7.64. The van der Waals surface area contributed by atoms with Crippen LogP contribution in [0.25, 0.3) is 0 Å². The van der Waals surface area contributed by atoms with Crippen LogP contribution >= 0.6 is 10.7 Å². The van der Waals surface area contributed by atoms with Gasteiger partial charge in [0.1, 0.15) is 6.29 Å². The fourth-order valence-electron chi connectivity index (χ4n) is 0.685. The van der Waals surface area contributed by atoms with E-state index in [2.05, 4.69) is 4.98 Å². The Hall–Kier alpha value is -1.01. The summed E-state index contributed by atoms with van der Waals surface area (Å²) in [5.74, 6) is -1.07. The molecular formula is C6H3ClFNO3S. The Morgan fingerprint density at radius 2 is 2.08 bits per heavy atom. The molecule has 0 aliphatic carbocycles. The number of hydrogen-bond acceptors (Lipinski definition) is 4. The number of hydrogen-bond donors (Lipinski definition) is 0. The van der Waals surface area contributed by atoms with Gasteiger partial charge >= 0.3 is 0 Å². The molecule has 0 aromatic carbocycles. The molecule has 7 heteroatoms. The van der Waals surface area contributed by atoms with E-state index in [9.17, 15) is 17.6 Å². The lowest BCUT2D eigenvalue weighted by Crippen LogP contribution is -1.99. The van der Waals surface area contributed by atoms with Gasteiger partial charge in [-0.15, -0.1) is 0 Å². The van der Waals surface area contributed by atoms with E-state index in [0.717, 1.165) is 12.1 Å². The maximum Gasteiger partial charge on any atom is 0.278 e. The van der Waals surface area contributed by atoms with Gasteiger partial charge in [0, 0.05) is 22.3 Å². The average Bonchev–Trinajstić information content (AvgIpc) is 2.01. The summed E-state index contributed by atoms with van der Waals surface area (Å²) < 4.78 is 33.9. The van der Waals surface area contributed by atoms with Crippen LogP contribution in [0.2, 0.25) is 0 Å². The van der Waals surface area contributed by atoms with Gasteiger partial charge in [0.25, 0.3) is 9.05 Å². The number of nitrogens with zero attached hydrogens (tertiary/aromatic N) is 1. The molecular weight excluding hydrogens is 221 g/mol. The molecule has 1 aromatic heterocycles. The number of aromatic nitrogens is 1. The number of halogens is 2. The van der Waals surface area contributed by atoms with Crippen LogP contribution in [0, 0.1) is 5.95 Å². The Balaban J connectivity index is 3.41. The van der Waals surface area contributed by atoms with Crippen molar-refractivity contribution in [2.75, 3.05) is 0 Å². The first-order chi connectivity index (χ1) is 5.93. The minimum absolute atomic E-state index is 0.133. The van der Waals surface area contributed by atoms with Gasteiger partial charge in [-0.05, 0) is 6.07 Å². The summed E-state index contributed by atoms with van der Waals surface area (Å²) in [6, 6.07) is 1.69. The van der Waals surface area contributed by atoms with Gasteiger partial charge in [0.15, 0.2) is 5.03 Å². The Morgan fingerprint density at radius 1 is 1.46 bits per heavy atom. The molecule has 70 valence electrons. The van der Waals surface area contributed by atoms with E-state index in [4.69, 9.17) is 10.7 Å². The molecule has 0 aliphatic rings. The molecule has 0 fully saturated rings. The lowest BCUT2D eigenvalue weighted by Gasteiger charge is -1.96. The van der Waals surface area contributed by atoms with Crippen LogP contribution < -0.4 is 0 Å². The Labute approximate surface area is 77.8 Å². The van der Waals surface area contributed by atoms with Crippen molar-refractivity contribution in [1.82, 2.24) is 4.98 Å². The zero-order chi connectivity index (χ0) is 10.1. The lowest BCUT2D eigenvalue weighted by atomic mass is 10.3. The summed E-state index contributed by atoms with van der Waals surface area (Å²) in [5.41, 5.74) is -0.133. The topological polar surface area (TPSA) is 64.1 Å². The molecule has 0 aliphatic heterocycles. The molecule has 1 aromatic rings. The van der Waals surface area contributed by atoms with E-state index in [0.29, 0.717) is 6.29 Å². The SMILES string of the molecule is O=Cc1cc(F)nc(S(=O)(=O)Cl)c1. The fourth-order valence-corrected chi connectivity index (χ4v) is 1.39. The standard InChI is InChI=1S/C6H3ClFNO3S/c7-13(11,12)6-2-4(3-10)1-5(8)9-6/h1-3H. The smallest absolute Gasteiger partial charge is 0.278 e. The molecule has 0 unspecified atom stereocenters. The average molecular weight is 224 g/mol. The zero-order valence-electron chi connectivity index (χ0n) is 6.07. The number of pyridine rings is 1. The summed E-state index contributed by atoms with van der Waals surface area (Å²) in [7, 11) is 0.791. The van der Waals surface area contributed by atoms with E-state index >= 15 is 0 Å². The fraction of sp³-hybridized carbons (Fsp3) is 0.